The maximum atomic E-state index is 6.25. The summed E-state index contributed by atoms with van der Waals surface area (Å²) in [7, 11) is 0. The third-order valence-corrected chi connectivity index (χ3v) is 5.03. The van der Waals surface area contributed by atoms with E-state index >= 15 is 0 Å². The molecule has 0 spiro atoms. The van der Waals surface area contributed by atoms with E-state index in [0.29, 0.717) is 5.92 Å². The SMILES string of the molecule is Cc1ccc(NCC2CSc3ccccc32)c(Cl)c1. The summed E-state index contributed by atoms with van der Waals surface area (Å²) in [4.78, 5) is 1.42. The molecular weight excluding hydrogens is 274 g/mol. The highest BCUT2D eigenvalue weighted by molar-refractivity contribution is 7.99. The molecule has 0 aliphatic carbocycles. The average molecular weight is 290 g/mol. The van der Waals surface area contributed by atoms with Gasteiger partial charge in [-0.25, -0.2) is 0 Å². The zero-order valence-corrected chi connectivity index (χ0v) is 12.4. The van der Waals surface area contributed by atoms with Crippen LogP contribution in [0.5, 0.6) is 0 Å². The minimum Gasteiger partial charge on any atom is -0.383 e. The lowest BCUT2D eigenvalue weighted by Gasteiger charge is -2.14. The zero-order chi connectivity index (χ0) is 13.2. The van der Waals surface area contributed by atoms with Crippen molar-refractivity contribution in [3.05, 3.63) is 58.6 Å². The molecule has 3 heteroatoms. The highest BCUT2D eigenvalue weighted by Gasteiger charge is 2.22. The summed E-state index contributed by atoms with van der Waals surface area (Å²) in [5.74, 6) is 1.72. The van der Waals surface area contributed by atoms with E-state index in [2.05, 4.69) is 48.6 Å². The summed E-state index contributed by atoms with van der Waals surface area (Å²) in [6, 6.07) is 14.8. The molecule has 0 aromatic heterocycles. The Kier molecular flexibility index (Phi) is 3.72. The highest BCUT2D eigenvalue weighted by Crippen LogP contribution is 2.39. The van der Waals surface area contributed by atoms with Gasteiger partial charge in [0.25, 0.3) is 0 Å². The third-order valence-electron chi connectivity index (χ3n) is 3.46. The van der Waals surface area contributed by atoms with Gasteiger partial charge in [-0.15, -0.1) is 11.8 Å². The van der Waals surface area contributed by atoms with Crippen LogP contribution in [-0.4, -0.2) is 12.3 Å². The lowest BCUT2D eigenvalue weighted by Crippen LogP contribution is -2.12. The normalized spacial score (nSPS) is 17.3. The Hall–Kier alpha value is -1.12. The van der Waals surface area contributed by atoms with Crippen LogP contribution in [0.3, 0.4) is 0 Å². The molecule has 1 nitrogen and oxygen atoms in total. The molecule has 1 atom stereocenters. The van der Waals surface area contributed by atoms with Gasteiger partial charge in [0, 0.05) is 23.1 Å². The molecule has 1 aliphatic heterocycles. The summed E-state index contributed by atoms with van der Waals surface area (Å²) < 4.78 is 0. The van der Waals surface area contributed by atoms with Gasteiger partial charge in [0.05, 0.1) is 10.7 Å². The fourth-order valence-corrected chi connectivity index (χ4v) is 3.95. The van der Waals surface area contributed by atoms with Crippen LogP contribution in [0.1, 0.15) is 17.0 Å². The molecule has 0 amide bonds. The van der Waals surface area contributed by atoms with E-state index in [0.717, 1.165) is 23.0 Å². The smallest absolute Gasteiger partial charge is 0.0640 e. The molecular formula is C16H16ClNS. The van der Waals surface area contributed by atoms with E-state index in [-0.39, 0.29) is 0 Å². The Balaban J connectivity index is 1.71. The van der Waals surface area contributed by atoms with E-state index < -0.39 is 0 Å². The second-order valence-corrected chi connectivity index (χ2v) is 6.38. The molecule has 0 bridgehead atoms. The minimum atomic E-state index is 0.568. The molecule has 1 unspecified atom stereocenters. The van der Waals surface area contributed by atoms with Crippen molar-refractivity contribution in [3.63, 3.8) is 0 Å². The topological polar surface area (TPSA) is 12.0 Å². The first-order valence-corrected chi connectivity index (χ1v) is 7.82. The van der Waals surface area contributed by atoms with Crippen molar-refractivity contribution < 1.29 is 0 Å². The Morgan fingerprint density at radius 2 is 2.11 bits per heavy atom. The number of anilines is 1. The van der Waals surface area contributed by atoms with Crippen LogP contribution in [0.15, 0.2) is 47.4 Å². The maximum Gasteiger partial charge on any atom is 0.0640 e. The molecule has 0 fully saturated rings. The molecule has 0 saturated carbocycles. The van der Waals surface area contributed by atoms with Crippen LogP contribution in [0.25, 0.3) is 0 Å². The van der Waals surface area contributed by atoms with Gasteiger partial charge in [0.15, 0.2) is 0 Å². The number of rotatable bonds is 3. The van der Waals surface area contributed by atoms with Gasteiger partial charge in [-0.05, 0) is 36.2 Å². The number of nitrogens with one attached hydrogen (secondary N) is 1. The molecule has 19 heavy (non-hydrogen) atoms. The minimum absolute atomic E-state index is 0.568. The quantitative estimate of drug-likeness (QED) is 0.858. The van der Waals surface area contributed by atoms with E-state index in [1.165, 1.54) is 16.0 Å². The van der Waals surface area contributed by atoms with E-state index in [9.17, 15) is 0 Å². The highest BCUT2D eigenvalue weighted by atomic mass is 35.5. The van der Waals surface area contributed by atoms with Gasteiger partial charge < -0.3 is 5.32 Å². The van der Waals surface area contributed by atoms with Gasteiger partial charge in [0.1, 0.15) is 0 Å². The zero-order valence-electron chi connectivity index (χ0n) is 10.8. The van der Waals surface area contributed by atoms with Crippen molar-refractivity contribution in [3.8, 4) is 0 Å². The molecule has 2 aromatic rings. The summed E-state index contributed by atoms with van der Waals surface area (Å²) in [5.41, 5.74) is 3.68. The van der Waals surface area contributed by atoms with Crippen LogP contribution in [-0.2, 0) is 0 Å². The predicted molar refractivity (Wildman–Crippen MR) is 84.6 cm³/mol. The first-order valence-electron chi connectivity index (χ1n) is 6.46. The standard InChI is InChI=1S/C16H16ClNS/c1-11-6-7-15(14(17)8-11)18-9-12-10-19-16-5-3-2-4-13(12)16/h2-8,12,18H,9-10H2,1H3. The fraction of sp³-hybridized carbons (Fsp3) is 0.250. The van der Waals surface area contributed by atoms with Crippen molar-refractivity contribution in [1.82, 2.24) is 0 Å². The summed E-state index contributed by atoms with van der Waals surface area (Å²) in [5, 5.41) is 4.28. The van der Waals surface area contributed by atoms with Crippen LogP contribution >= 0.6 is 23.4 Å². The van der Waals surface area contributed by atoms with E-state index in [1.807, 2.05) is 17.8 Å². The van der Waals surface area contributed by atoms with Gasteiger partial charge in [-0.2, -0.15) is 0 Å². The van der Waals surface area contributed by atoms with Crippen LogP contribution in [0.4, 0.5) is 5.69 Å². The monoisotopic (exact) mass is 289 g/mol. The van der Waals surface area contributed by atoms with Crippen molar-refractivity contribution >= 4 is 29.1 Å². The second kappa shape index (κ2) is 5.48. The second-order valence-electron chi connectivity index (χ2n) is 4.91. The molecule has 1 N–H and O–H groups in total. The summed E-state index contributed by atoms with van der Waals surface area (Å²) in [6.07, 6.45) is 0. The van der Waals surface area contributed by atoms with Crippen molar-refractivity contribution in [2.24, 2.45) is 0 Å². The molecule has 0 saturated heterocycles. The number of halogens is 1. The van der Waals surface area contributed by atoms with Gasteiger partial charge >= 0.3 is 0 Å². The van der Waals surface area contributed by atoms with Crippen molar-refractivity contribution in [2.75, 3.05) is 17.6 Å². The number of benzene rings is 2. The lowest BCUT2D eigenvalue weighted by molar-refractivity contribution is 0.819. The summed E-state index contributed by atoms with van der Waals surface area (Å²) >= 11 is 8.19. The molecule has 1 heterocycles. The van der Waals surface area contributed by atoms with Crippen LogP contribution in [0, 0.1) is 6.92 Å². The summed E-state index contributed by atoms with van der Waals surface area (Å²) in [6.45, 7) is 2.99. The van der Waals surface area contributed by atoms with Crippen molar-refractivity contribution in [2.45, 2.75) is 17.7 Å². The number of fused-ring (bicyclic) bond motifs is 1. The molecule has 3 rings (SSSR count). The molecule has 2 aromatic carbocycles. The number of hydrogen-bond donors (Lipinski definition) is 1. The number of thioether (sulfide) groups is 1. The van der Waals surface area contributed by atoms with Crippen LogP contribution < -0.4 is 5.32 Å². The average Bonchev–Trinajstić information content (AvgIpc) is 2.81. The van der Waals surface area contributed by atoms with Crippen LogP contribution in [0.2, 0.25) is 5.02 Å². The third kappa shape index (κ3) is 2.75. The Bertz CT molecular complexity index is 597. The Labute approximate surface area is 123 Å². The van der Waals surface area contributed by atoms with Crippen molar-refractivity contribution in [1.29, 1.82) is 0 Å². The Morgan fingerprint density at radius 3 is 2.95 bits per heavy atom. The molecule has 0 radical (unpaired) electrons. The number of aryl methyl sites for hydroxylation is 1. The Morgan fingerprint density at radius 1 is 1.26 bits per heavy atom. The first-order chi connectivity index (χ1) is 9.24. The molecule has 98 valence electrons. The van der Waals surface area contributed by atoms with E-state index in [4.69, 9.17) is 11.6 Å². The largest absolute Gasteiger partial charge is 0.383 e. The van der Waals surface area contributed by atoms with E-state index in [1.54, 1.807) is 0 Å². The fourth-order valence-electron chi connectivity index (χ4n) is 2.39. The lowest BCUT2D eigenvalue weighted by atomic mass is 10.0. The van der Waals surface area contributed by atoms with Gasteiger partial charge in [-0.1, -0.05) is 35.9 Å². The molecule has 1 aliphatic rings. The maximum absolute atomic E-state index is 6.25. The number of hydrogen-bond acceptors (Lipinski definition) is 2. The van der Waals surface area contributed by atoms with Gasteiger partial charge in [0.2, 0.25) is 0 Å². The van der Waals surface area contributed by atoms with Gasteiger partial charge in [-0.3, -0.25) is 0 Å². The predicted octanol–water partition coefficient (Wildman–Crippen LogP) is 4.95. The first kappa shape index (κ1) is 12.9.